The first kappa shape index (κ1) is 14.5. The van der Waals surface area contributed by atoms with Gasteiger partial charge < -0.3 is 4.57 Å². The Morgan fingerprint density at radius 3 is 3.00 bits per heavy atom. The molecule has 0 N–H and O–H groups in total. The molecule has 0 amide bonds. The fourth-order valence-electron chi connectivity index (χ4n) is 2.62. The molecule has 0 aliphatic carbocycles. The molecule has 1 aromatic heterocycles. The molecule has 0 spiro atoms. The van der Waals surface area contributed by atoms with Gasteiger partial charge in [-0.05, 0) is 36.8 Å². The molecule has 1 aromatic carbocycles. The number of alkyl halides is 1. The van der Waals surface area contributed by atoms with Gasteiger partial charge in [0, 0.05) is 12.6 Å². The lowest BCUT2D eigenvalue weighted by atomic mass is 10.1. The monoisotopic (exact) mass is 332 g/mol. The Labute approximate surface area is 131 Å². The quantitative estimate of drug-likeness (QED) is 0.745. The van der Waals surface area contributed by atoms with Gasteiger partial charge in [-0.15, -0.1) is 11.6 Å². The number of hydrogen-bond donors (Lipinski definition) is 0. The predicted molar refractivity (Wildman–Crippen MR) is 84.4 cm³/mol. The van der Waals surface area contributed by atoms with Crippen LogP contribution < -0.4 is 0 Å². The van der Waals surface area contributed by atoms with Crippen molar-refractivity contribution in [3.05, 3.63) is 28.8 Å². The van der Waals surface area contributed by atoms with Gasteiger partial charge in [0.1, 0.15) is 11.6 Å². The van der Waals surface area contributed by atoms with E-state index in [2.05, 4.69) is 9.55 Å². The Morgan fingerprint density at radius 1 is 1.55 bits per heavy atom. The molecule has 2 atom stereocenters. The third-order valence-corrected chi connectivity index (χ3v) is 5.36. The summed E-state index contributed by atoms with van der Waals surface area (Å²) >= 11 is 14.1. The number of rotatable bonds is 3. The lowest BCUT2D eigenvalue weighted by molar-refractivity contribution is 0.488. The maximum Gasteiger partial charge on any atom is 0.144 e. The van der Waals surface area contributed by atoms with Gasteiger partial charge in [0.25, 0.3) is 0 Å². The van der Waals surface area contributed by atoms with Crippen LogP contribution in [0.3, 0.4) is 0 Å². The zero-order valence-corrected chi connectivity index (χ0v) is 13.4. The third kappa shape index (κ3) is 2.66. The summed E-state index contributed by atoms with van der Waals surface area (Å²) < 4.78 is 15.7. The van der Waals surface area contributed by atoms with E-state index in [1.807, 2.05) is 18.7 Å². The first-order valence-corrected chi connectivity index (χ1v) is 8.60. The summed E-state index contributed by atoms with van der Waals surface area (Å²) in [4.78, 5) is 4.48. The van der Waals surface area contributed by atoms with Crippen molar-refractivity contribution in [1.29, 1.82) is 0 Å². The van der Waals surface area contributed by atoms with Crippen molar-refractivity contribution in [3.8, 4) is 0 Å². The predicted octanol–water partition coefficient (Wildman–Crippen LogP) is 4.88. The van der Waals surface area contributed by atoms with Gasteiger partial charge in [-0.3, -0.25) is 0 Å². The van der Waals surface area contributed by atoms with Crippen molar-refractivity contribution in [1.82, 2.24) is 9.55 Å². The van der Waals surface area contributed by atoms with Crippen LogP contribution in [0, 0.1) is 11.7 Å². The smallest absolute Gasteiger partial charge is 0.144 e. The van der Waals surface area contributed by atoms with Crippen LogP contribution in [0.1, 0.15) is 24.5 Å². The molecule has 0 radical (unpaired) electrons. The van der Waals surface area contributed by atoms with Crippen LogP contribution in [0.2, 0.25) is 5.02 Å². The summed E-state index contributed by atoms with van der Waals surface area (Å²) in [7, 11) is 0. The molecule has 2 unspecified atom stereocenters. The Kier molecular flexibility index (Phi) is 4.16. The van der Waals surface area contributed by atoms with Crippen LogP contribution in [0.4, 0.5) is 4.39 Å². The molecule has 2 heterocycles. The van der Waals surface area contributed by atoms with Crippen molar-refractivity contribution in [2.24, 2.45) is 5.92 Å². The average Bonchev–Trinajstić information content (AvgIpc) is 3.00. The maximum atomic E-state index is 13.6. The van der Waals surface area contributed by atoms with Gasteiger partial charge >= 0.3 is 0 Å². The summed E-state index contributed by atoms with van der Waals surface area (Å²) in [5, 5.41) is -0.0773. The highest BCUT2D eigenvalue weighted by Crippen LogP contribution is 2.31. The Morgan fingerprint density at radius 2 is 2.35 bits per heavy atom. The van der Waals surface area contributed by atoms with E-state index in [-0.39, 0.29) is 10.4 Å². The van der Waals surface area contributed by atoms with Crippen molar-refractivity contribution in [2.45, 2.75) is 25.3 Å². The molecule has 20 heavy (non-hydrogen) atoms. The van der Waals surface area contributed by atoms with Gasteiger partial charge in [-0.25, -0.2) is 9.37 Å². The number of thioether (sulfide) groups is 1. The van der Waals surface area contributed by atoms with Crippen LogP contribution in [-0.2, 0) is 6.54 Å². The molecular weight excluding hydrogens is 318 g/mol. The van der Waals surface area contributed by atoms with Crippen LogP contribution in [-0.4, -0.2) is 21.1 Å². The Hall–Kier alpha value is -0.450. The van der Waals surface area contributed by atoms with E-state index in [0.717, 1.165) is 23.6 Å². The molecule has 2 nitrogen and oxygen atoms in total. The van der Waals surface area contributed by atoms with E-state index >= 15 is 0 Å². The van der Waals surface area contributed by atoms with E-state index < -0.39 is 5.82 Å². The van der Waals surface area contributed by atoms with Gasteiger partial charge in [0.2, 0.25) is 0 Å². The molecule has 6 heteroatoms. The normalized spacial score (nSPS) is 20.7. The van der Waals surface area contributed by atoms with E-state index in [1.54, 1.807) is 6.07 Å². The second-order valence-electron chi connectivity index (χ2n) is 5.18. The largest absolute Gasteiger partial charge is 0.326 e. The van der Waals surface area contributed by atoms with Crippen LogP contribution >= 0.6 is 35.0 Å². The first-order chi connectivity index (χ1) is 9.56. The maximum absolute atomic E-state index is 13.6. The molecule has 1 aliphatic rings. The molecule has 0 saturated carbocycles. The number of nitrogens with zero attached hydrogens (tertiary/aromatic N) is 2. The second kappa shape index (κ2) is 5.74. The van der Waals surface area contributed by atoms with Crippen molar-refractivity contribution in [2.75, 3.05) is 11.5 Å². The molecule has 108 valence electrons. The van der Waals surface area contributed by atoms with Crippen molar-refractivity contribution in [3.63, 3.8) is 0 Å². The molecule has 1 fully saturated rings. The minimum atomic E-state index is -0.436. The zero-order valence-electron chi connectivity index (χ0n) is 11.1. The number of aromatic nitrogens is 2. The fourth-order valence-corrected chi connectivity index (χ4v) is 4.22. The van der Waals surface area contributed by atoms with Crippen LogP contribution in [0.15, 0.2) is 12.1 Å². The standard InChI is InChI=1S/C14H15Cl2FN2S/c1-8(15)14-18-12-5-11(17)10(16)4-13(12)19(14)6-9-2-3-20-7-9/h4-5,8-9H,2-3,6-7H2,1H3. The first-order valence-electron chi connectivity index (χ1n) is 6.63. The molecular formula is C14H15Cl2FN2S. The number of fused-ring (bicyclic) bond motifs is 1. The molecule has 2 aromatic rings. The van der Waals surface area contributed by atoms with Gasteiger partial charge in [-0.1, -0.05) is 11.6 Å². The summed E-state index contributed by atoms with van der Waals surface area (Å²) in [6, 6.07) is 3.05. The van der Waals surface area contributed by atoms with Gasteiger partial charge in [0.15, 0.2) is 0 Å². The lowest BCUT2D eigenvalue weighted by Crippen LogP contribution is -2.13. The van der Waals surface area contributed by atoms with Crippen LogP contribution in [0.5, 0.6) is 0 Å². The minimum Gasteiger partial charge on any atom is -0.326 e. The molecule has 0 bridgehead atoms. The van der Waals surface area contributed by atoms with E-state index in [0.29, 0.717) is 11.4 Å². The second-order valence-corrected chi connectivity index (χ2v) is 7.39. The van der Waals surface area contributed by atoms with Gasteiger partial charge in [-0.2, -0.15) is 11.8 Å². The minimum absolute atomic E-state index is 0.133. The number of hydrogen-bond acceptors (Lipinski definition) is 2. The van der Waals surface area contributed by atoms with E-state index in [9.17, 15) is 4.39 Å². The highest BCUT2D eigenvalue weighted by molar-refractivity contribution is 7.99. The highest BCUT2D eigenvalue weighted by Gasteiger charge is 2.22. The Bertz CT molecular complexity index is 636. The summed E-state index contributed by atoms with van der Waals surface area (Å²) in [5.74, 6) is 3.34. The third-order valence-electron chi connectivity index (χ3n) is 3.64. The van der Waals surface area contributed by atoms with Crippen molar-refractivity contribution >= 4 is 46.0 Å². The summed E-state index contributed by atoms with van der Waals surface area (Å²) in [5.41, 5.74) is 1.50. The summed E-state index contributed by atoms with van der Waals surface area (Å²) in [6.07, 6.45) is 1.20. The van der Waals surface area contributed by atoms with E-state index in [1.165, 1.54) is 18.2 Å². The fraction of sp³-hybridized carbons (Fsp3) is 0.500. The zero-order chi connectivity index (χ0) is 14.3. The molecule has 1 saturated heterocycles. The highest BCUT2D eigenvalue weighted by atomic mass is 35.5. The number of imidazole rings is 1. The van der Waals surface area contributed by atoms with Crippen molar-refractivity contribution < 1.29 is 4.39 Å². The van der Waals surface area contributed by atoms with E-state index in [4.69, 9.17) is 23.2 Å². The van der Waals surface area contributed by atoms with Gasteiger partial charge in [0.05, 0.1) is 21.4 Å². The molecule has 1 aliphatic heterocycles. The average molecular weight is 333 g/mol. The van der Waals surface area contributed by atoms with Crippen LogP contribution in [0.25, 0.3) is 11.0 Å². The summed E-state index contributed by atoms with van der Waals surface area (Å²) in [6.45, 7) is 2.76. The topological polar surface area (TPSA) is 17.8 Å². The lowest BCUT2D eigenvalue weighted by Gasteiger charge is -2.14. The molecule has 3 rings (SSSR count). The Balaban J connectivity index is 2.10. The number of halogens is 3. The number of benzene rings is 1. The SMILES string of the molecule is CC(Cl)c1nc2cc(F)c(Cl)cc2n1CC1CCSC1.